The summed E-state index contributed by atoms with van der Waals surface area (Å²) in [6, 6.07) is 21.1. The Hall–Kier alpha value is -4.13. The SMILES string of the molecule is C/C(=C/C(=O)c1ccccc1)N[C@@H](Cc1ccc(OCCN(C)c2ccccn2)cc1)C(=O)O. The summed E-state index contributed by atoms with van der Waals surface area (Å²) in [5.41, 5.74) is 1.90. The number of nitrogens with zero attached hydrogens (tertiary/aromatic N) is 2. The van der Waals surface area contributed by atoms with Crippen LogP contribution < -0.4 is 15.0 Å². The first-order valence-corrected chi connectivity index (χ1v) is 11.0. The second-order valence-corrected chi connectivity index (χ2v) is 7.90. The van der Waals surface area contributed by atoms with Crippen LogP contribution in [0.4, 0.5) is 5.82 Å². The Labute approximate surface area is 199 Å². The predicted octanol–water partition coefficient (Wildman–Crippen LogP) is 3.97. The van der Waals surface area contributed by atoms with Gasteiger partial charge in [-0.25, -0.2) is 9.78 Å². The van der Waals surface area contributed by atoms with E-state index in [1.54, 1.807) is 37.4 Å². The molecular formula is C27H29N3O4. The van der Waals surface area contributed by atoms with Gasteiger partial charge in [-0.15, -0.1) is 0 Å². The van der Waals surface area contributed by atoms with Gasteiger partial charge in [0.05, 0.1) is 6.54 Å². The lowest BCUT2D eigenvalue weighted by Crippen LogP contribution is -2.37. The van der Waals surface area contributed by atoms with Crippen molar-refractivity contribution >= 4 is 17.6 Å². The number of anilines is 1. The van der Waals surface area contributed by atoms with Crippen LogP contribution >= 0.6 is 0 Å². The summed E-state index contributed by atoms with van der Waals surface area (Å²) >= 11 is 0. The van der Waals surface area contributed by atoms with Crippen molar-refractivity contribution < 1.29 is 19.4 Å². The largest absolute Gasteiger partial charge is 0.492 e. The molecule has 0 aliphatic rings. The lowest BCUT2D eigenvalue weighted by molar-refractivity contribution is -0.139. The fourth-order valence-corrected chi connectivity index (χ4v) is 3.35. The second-order valence-electron chi connectivity index (χ2n) is 7.90. The molecule has 7 heteroatoms. The summed E-state index contributed by atoms with van der Waals surface area (Å²) in [5.74, 6) is 0.425. The lowest BCUT2D eigenvalue weighted by atomic mass is 10.1. The first-order valence-electron chi connectivity index (χ1n) is 11.0. The van der Waals surface area contributed by atoms with Crippen molar-refractivity contribution in [1.82, 2.24) is 10.3 Å². The summed E-state index contributed by atoms with van der Waals surface area (Å²) in [6.45, 7) is 2.86. The maximum atomic E-state index is 12.3. The van der Waals surface area contributed by atoms with Crippen LogP contribution in [0, 0.1) is 0 Å². The minimum Gasteiger partial charge on any atom is -0.492 e. The van der Waals surface area contributed by atoms with Crippen molar-refractivity contribution in [3.8, 4) is 5.75 Å². The quantitative estimate of drug-likeness (QED) is 0.313. The van der Waals surface area contributed by atoms with E-state index in [0.717, 1.165) is 11.4 Å². The van der Waals surface area contributed by atoms with Crippen LogP contribution in [0.15, 0.2) is 90.8 Å². The van der Waals surface area contributed by atoms with Gasteiger partial charge < -0.3 is 20.1 Å². The Balaban J connectivity index is 1.52. The number of likely N-dealkylation sites (N-methyl/N-ethyl adjacent to an activating group) is 1. The molecule has 0 fully saturated rings. The molecule has 34 heavy (non-hydrogen) atoms. The molecule has 0 saturated carbocycles. The maximum absolute atomic E-state index is 12.3. The van der Waals surface area contributed by atoms with Gasteiger partial charge in [0.15, 0.2) is 5.78 Å². The molecule has 0 bridgehead atoms. The van der Waals surface area contributed by atoms with Crippen molar-refractivity contribution in [2.75, 3.05) is 25.1 Å². The standard InChI is InChI=1S/C27H29N3O4/c1-20(18-25(31)22-8-4-3-5-9-22)29-24(27(32)33)19-21-11-13-23(14-12-21)34-17-16-30(2)26-10-6-7-15-28-26/h3-15,18,24,29H,16-17,19H2,1-2H3,(H,32,33)/b20-18-/t24-/m0/s1. The third-order valence-electron chi connectivity index (χ3n) is 5.20. The third kappa shape index (κ3) is 7.48. The Morgan fingerprint density at radius 2 is 1.76 bits per heavy atom. The number of carboxylic acid groups (broad SMARTS) is 1. The number of allylic oxidation sites excluding steroid dienone is 2. The number of carbonyl (C=O) groups excluding carboxylic acids is 1. The zero-order valence-corrected chi connectivity index (χ0v) is 19.3. The fourth-order valence-electron chi connectivity index (χ4n) is 3.35. The fraction of sp³-hybridized carbons (Fsp3) is 0.222. The van der Waals surface area contributed by atoms with Gasteiger partial charge in [-0.1, -0.05) is 48.5 Å². The van der Waals surface area contributed by atoms with Crippen molar-refractivity contribution in [3.63, 3.8) is 0 Å². The second kappa shape index (κ2) is 12.2. The number of ketones is 1. The van der Waals surface area contributed by atoms with E-state index in [9.17, 15) is 14.7 Å². The van der Waals surface area contributed by atoms with Crippen LogP contribution in [-0.4, -0.2) is 48.1 Å². The van der Waals surface area contributed by atoms with Crippen LogP contribution in [0.1, 0.15) is 22.8 Å². The first-order chi connectivity index (χ1) is 16.4. The molecule has 7 nitrogen and oxygen atoms in total. The lowest BCUT2D eigenvalue weighted by Gasteiger charge is -2.18. The number of hydrogen-bond acceptors (Lipinski definition) is 6. The van der Waals surface area contributed by atoms with Crippen LogP contribution in [0.3, 0.4) is 0 Å². The first kappa shape index (κ1) is 24.5. The zero-order chi connectivity index (χ0) is 24.3. The van der Waals surface area contributed by atoms with E-state index in [1.807, 2.05) is 60.5 Å². The Morgan fingerprint density at radius 3 is 2.41 bits per heavy atom. The van der Waals surface area contributed by atoms with E-state index in [1.165, 1.54) is 6.08 Å². The molecule has 0 saturated heterocycles. The average Bonchev–Trinajstić information content (AvgIpc) is 2.85. The zero-order valence-electron chi connectivity index (χ0n) is 19.3. The topological polar surface area (TPSA) is 91.8 Å². The number of pyridine rings is 1. The van der Waals surface area contributed by atoms with Crippen LogP contribution in [0.25, 0.3) is 0 Å². The number of benzene rings is 2. The van der Waals surface area contributed by atoms with E-state index < -0.39 is 12.0 Å². The van der Waals surface area contributed by atoms with Gasteiger partial charge in [-0.3, -0.25) is 4.79 Å². The molecule has 3 rings (SSSR count). The number of carbonyl (C=O) groups is 2. The van der Waals surface area contributed by atoms with E-state index in [-0.39, 0.29) is 12.2 Å². The highest BCUT2D eigenvalue weighted by atomic mass is 16.5. The van der Waals surface area contributed by atoms with Crippen molar-refractivity contribution in [2.24, 2.45) is 0 Å². The van der Waals surface area contributed by atoms with E-state index in [2.05, 4.69) is 10.3 Å². The molecule has 0 unspecified atom stereocenters. The van der Waals surface area contributed by atoms with E-state index in [4.69, 9.17) is 4.74 Å². The minimum atomic E-state index is -0.988. The molecule has 176 valence electrons. The summed E-state index contributed by atoms with van der Waals surface area (Å²) in [5, 5.41) is 12.6. The molecular weight excluding hydrogens is 430 g/mol. The molecule has 1 heterocycles. The summed E-state index contributed by atoms with van der Waals surface area (Å²) in [7, 11) is 1.96. The number of hydrogen-bond donors (Lipinski definition) is 2. The third-order valence-corrected chi connectivity index (χ3v) is 5.20. The van der Waals surface area contributed by atoms with Gasteiger partial charge in [-0.2, -0.15) is 0 Å². The molecule has 0 amide bonds. The normalized spacial score (nSPS) is 12.0. The summed E-state index contributed by atoms with van der Waals surface area (Å²) in [6.07, 6.45) is 3.44. The maximum Gasteiger partial charge on any atom is 0.326 e. The van der Waals surface area contributed by atoms with Crippen molar-refractivity contribution in [3.05, 3.63) is 102 Å². The van der Waals surface area contributed by atoms with Crippen molar-refractivity contribution in [2.45, 2.75) is 19.4 Å². The Bertz CT molecular complexity index is 1100. The molecule has 1 atom stereocenters. The highest BCUT2D eigenvalue weighted by Gasteiger charge is 2.18. The summed E-state index contributed by atoms with van der Waals surface area (Å²) in [4.78, 5) is 30.4. The summed E-state index contributed by atoms with van der Waals surface area (Å²) < 4.78 is 5.81. The van der Waals surface area contributed by atoms with Gasteiger partial charge in [0.25, 0.3) is 0 Å². The van der Waals surface area contributed by atoms with Crippen LogP contribution in [0.5, 0.6) is 5.75 Å². The molecule has 0 aliphatic carbocycles. The highest BCUT2D eigenvalue weighted by Crippen LogP contribution is 2.15. The molecule has 1 aromatic heterocycles. The monoisotopic (exact) mass is 459 g/mol. The average molecular weight is 460 g/mol. The smallest absolute Gasteiger partial charge is 0.326 e. The number of nitrogens with one attached hydrogen (secondary N) is 1. The van der Waals surface area contributed by atoms with E-state index >= 15 is 0 Å². The molecule has 2 N–H and O–H groups in total. The van der Waals surface area contributed by atoms with Gasteiger partial charge in [-0.05, 0) is 36.8 Å². The van der Waals surface area contributed by atoms with Crippen molar-refractivity contribution in [1.29, 1.82) is 0 Å². The molecule has 0 aliphatic heterocycles. The minimum absolute atomic E-state index is 0.176. The molecule has 0 radical (unpaired) electrons. The molecule has 2 aromatic carbocycles. The van der Waals surface area contributed by atoms with Crippen LogP contribution in [0.2, 0.25) is 0 Å². The van der Waals surface area contributed by atoms with Gasteiger partial charge in [0, 0.05) is 37.0 Å². The van der Waals surface area contributed by atoms with E-state index in [0.29, 0.717) is 30.2 Å². The number of aliphatic carboxylic acids is 1. The molecule has 3 aromatic rings. The van der Waals surface area contributed by atoms with Gasteiger partial charge in [0.1, 0.15) is 24.2 Å². The number of ether oxygens (including phenoxy) is 1. The predicted molar refractivity (Wildman–Crippen MR) is 132 cm³/mol. The van der Waals surface area contributed by atoms with Crippen LogP contribution in [-0.2, 0) is 11.2 Å². The highest BCUT2D eigenvalue weighted by molar-refractivity contribution is 6.04. The van der Waals surface area contributed by atoms with Gasteiger partial charge in [0.2, 0.25) is 0 Å². The number of carboxylic acids is 1. The molecule has 0 spiro atoms. The van der Waals surface area contributed by atoms with Gasteiger partial charge >= 0.3 is 5.97 Å². The Kier molecular flexibility index (Phi) is 8.80. The number of aromatic nitrogens is 1. The number of rotatable bonds is 12. The Morgan fingerprint density at radius 1 is 1.06 bits per heavy atom.